The normalized spacial score (nSPS) is 23.8. The molecule has 2 aromatic carbocycles. The Balaban J connectivity index is 1.77. The van der Waals surface area contributed by atoms with Crippen molar-refractivity contribution in [2.75, 3.05) is 25.6 Å². The Morgan fingerprint density at radius 2 is 2.11 bits per heavy atom. The number of fused-ring (bicyclic) bond motifs is 3. The van der Waals surface area contributed by atoms with Gasteiger partial charge < -0.3 is 19.5 Å². The van der Waals surface area contributed by atoms with Gasteiger partial charge in [0.1, 0.15) is 0 Å². The molecule has 27 heavy (non-hydrogen) atoms. The highest BCUT2D eigenvalue weighted by atomic mass is 79.9. The molecule has 1 saturated heterocycles. The molecule has 4 nitrogen and oxygen atoms in total. The summed E-state index contributed by atoms with van der Waals surface area (Å²) < 4.78 is 18.6. The highest BCUT2D eigenvalue weighted by molar-refractivity contribution is 9.10. The molecule has 0 amide bonds. The average molecular weight is 432 g/mol. The molecule has 5 heteroatoms. The van der Waals surface area contributed by atoms with E-state index in [4.69, 9.17) is 14.2 Å². The van der Waals surface area contributed by atoms with Crippen LogP contribution in [0.3, 0.4) is 0 Å². The number of ether oxygens (including phenoxy) is 3. The van der Waals surface area contributed by atoms with Gasteiger partial charge in [-0.1, -0.05) is 17.7 Å². The highest BCUT2D eigenvalue weighted by Gasteiger charge is 2.40. The Bertz CT molecular complexity index is 839. The molecule has 2 aliphatic heterocycles. The fraction of sp³-hybridized carbons (Fsp3) is 0.455. The van der Waals surface area contributed by atoms with Gasteiger partial charge in [0.2, 0.25) is 0 Å². The fourth-order valence-electron chi connectivity index (χ4n) is 4.32. The lowest BCUT2D eigenvalue weighted by Gasteiger charge is -2.43. The average Bonchev–Trinajstić information content (AvgIpc) is 2.69. The van der Waals surface area contributed by atoms with E-state index >= 15 is 0 Å². The molecule has 2 heterocycles. The van der Waals surface area contributed by atoms with Crippen molar-refractivity contribution in [2.45, 2.75) is 38.8 Å². The number of hydrogen-bond donors (Lipinski definition) is 1. The molecule has 1 N–H and O–H groups in total. The SMILES string of the molecule is CCOc1c(Br)cc(C2Nc3ccc(C)cc3[C@H]3OCCC[C@@H]23)cc1OC. The van der Waals surface area contributed by atoms with Crippen LogP contribution in [0.4, 0.5) is 5.69 Å². The largest absolute Gasteiger partial charge is 0.493 e. The predicted molar refractivity (Wildman–Crippen MR) is 111 cm³/mol. The molecular formula is C22H26BrNO3. The first kappa shape index (κ1) is 18.6. The molecule has 0 spiro atoms. The summed E-state index contributed by atoms with van der Waals surface area (Å²) in [5, 5.41) is 3.77. The summed E-state index contributed by atoms with van der Waals surface area (Å²) >= 11 is 3.67. The van der Waals surface area contributed by atoms with Crippen LogP contribution in [0.2, 0.25) is 0 Å². The number of aryl methyl sites for hydroxylation is 1. The van der Waals surface area contributed by atoms with Crippen molar-refractivity contribution in [2.24, 2.45) is 5.92 Å². The van der Waals surface area contributed by atoms with Crippen LogP contribution in [-0.2, 0) is 4.74 Å². The number of nitrogens with one attached hydrogen (secondary N) is 1. The van der Waals surface area contributed by atoms with E-state index in [-0.39, 0.29) is 12.1 Å². The zero-order valence-electron chi connectivity index (χ0n) is 16.0. The second kappa shape index (κ2) is 7.72. The third kappa shape index (κ3) is 3.43. The maximum absolute atomic E-state index is 6.26. The topological polar surface area (TPSA) is 39.7 Å². The van der Waals surface area contributed by atoms with Gasteiger partial charge in [0.15, 0.2) is 11.5 Å². The summed E-state index contributed by atoms with van der Waals surface area (Å²) in [6.45, 7) is 5.54. The summed E-state index contributed by atoms with van der Waals surface area (Å²) in [5.74, 6) is 1.90. The Labute approximate surface area is 169 Å². The van der Waals surface area contributed by atoms with Crippen molar-refractivity contribution in [3.8, 4) is 11.5 Å². The lowest BCUT2D eigenvalue weighted by Crippen LogP contribution is -2.36. The molecule has 144 valence electrons. The number of benzene rings is 2. The van der Waals surface area contributed by atoms with Crippen molar-refractivity contribution in [3.63, 3.8) is 0 Å². The highest BCUT2D eigenvalue weighted by Crippen LogP contribution is 2.50. The molecule has 2 aromatic rings. The summed E-state index contributed by atoms with van der Waals surface area (Å²) in [6, 6.07) is 11.0. The van der Waals surface area contributed by atoms with Gasteiger partial charge in [0, 0.05) is 23.8 Å². The molecule has 0 saturated carbocycles. The lowest BCUT2D eigenvalue weighted by molar-refractivity contribution is -0.0381. The van der Waals surface area contributed by atoms with Gasteiger partial charge in [-0.2, -0.15) is 0 Å². The molecular weight excluding hydrogens is 406 g/mol. The van der Waals surface area contributed by atoms with E-state index in [9.17, 15) is 0 Å². The van der Waals surface area contributed by atoms with Crippen LogP contribution in [0.5, 0.6) is 11.5 Å². The van der Waals surface area contributed by atoms with Crippen molar-refractivity contribution >= 4 is 21.6 Å². The molecule has 0 aromatic heterocycles. The Morgan fingerprint density at radius 1 is 1.26 bits per heavy atom. The Kier molecular flexibility index (Phi) is 5.33. The number of halogens is 1. The van der Waals surface area contributed by atoms with Crippen LogP contribution >= 0.6 is 15.9 Å². The van der Waals surface area contributed by atoms with Crippen molar-refractivity contribution in [1.29, 1.82) is 0 Å². The van der Waals surface area contributed by atoms with Crippen LogP contribution in [0.1, 0.15) is 48.6 Å². The van der Waals surface area contributed by atoms with Gasteiger partial charge in [-0.25, -0.2) is 0 Å². The van der Waals surface area contributed by atoms with Gasteiger partial charge in [0.25, 0.3) is 0 Å². The van der Waals surface area contributed by atoms with Crippen LogP contribution in [0.25, 0.3) is 0 Å². The Morgan fingerprint density at radius 3 is 2.89 bits per heavy atom. The van der Waals surface area contributed by atoms with Crippen LogP contribution in [0.15, 0.2) is 34.8 Å². The number of methoxy groups -OCH3 is 1. The zero-order chi connectivity index (χ0) is 19.0. The molecule has 1 unspecified atom stereocenters. The standard InChI is InChI=1S/C22H26BrNO3/c1-4-26-22-17(23)11-14(12-19(22)25-3)20-15-6-5-9-27-21(15)16-10-13(2)7-8-18(16)24-20/h7-8,10-12,15,20-21,24H,4-6,9H2,1-3H3/t15-,20?,21-/m0/s1. The third-order valence-corrected chi connectivity index (χ3v) is 6.11. The van der Waals surface area contributed by atoms with Crippen LogP contribution < -0.4 is 14.8 Å². The summed E-state index contributed by atoms with van der Waals surface area (Å²) in [5.41, 5.74) is 4.91. The minimum absolute atomic E-state index is 0.135. The van der Waals surface area contributed by atoms with Gasteiger partial charge in [-0.05, 0) is 66.4 Å². The zero-order valence-corrected chi connectivity index (χ0v) is 17.6. The van der Waals surface area contributed by atoms with Gasteiger partial charge in [-0.3, -0.25) is 0 Å². The van der Waals surface area contributed by atoms with Gasteiger partial charge in [-0.15, -0.1) is 0 Å². The maximum atomic E-state index is 6.26. The maximum Gasteiger partial charge on any atom is 0.175 e. The number of hydrogen-bond acceptors (Lipinski definition) is 4. The third-order valence-electron chi connectivity index (χ3n) is 5.52. The van der Waals surface area contributed by atoms with Crippen LogP contribution in [0, 0.1) is 12.8 Å². The van der Waals surface area contributed by atoms with Crippen molar-refractivity contribution in [3.05, 3.63) is 51.5 Å². The molecule has 0 bridgehead atoms. The Hall–Kier alpha value is -1.72. The van der Waals surface area contributed by atoms with Crippen molar-refractivity contribution in [1.82, 2.24) is 0 Å². The fourth-order valence-corrected chi connectivity index (χ4v) is 4.90. The molecule has 0 aliphatic carbocycles. The molecule has 3 atom stereocenters. The monoisotopic (exact) mass is 431 g/mol. The molecule has 4 rings (SSSR count). The predicted octanol–water partition coefficient (Wildman–Crippen LogP) is 5.80. The lowest BCUT2D eigenvalue weighted by atomic mass is 9.77. The summed E-state index contributed by atoms with van der Waals surface area (Å²) in [6.07, 6.45) is 2.37. The van der Waals surface area contributed by atoms with Gasteiger partial charge in [0.05, 0.1) is 30.3 Å². The summed E-state index contributed by atoms with van der Waals surface area (Å²) in [4.78, 5) is 0. The van der Waals surface area contributed by atoms with Crippen LogP contribution in [-0.4, -0.2) is 20.3 Å². The smallest absolute Gasteiger partial charge is 0.175 e. The second-order valence-electron chi connectivity index (χ2n) is 7.28. The molecule has 1 fully saturated rings. The van der Waals surface area contributed by atoms with E-state index in [1.54, 1.807) is 7.11 Å². The van der Waals surface area contributed by atoms with E-state index in [2.05, 4.69) is 58.5 Å². The second-order valence-corrected chi connectivity index (χ2v) is 8.13. The van der Waals surface area contributed by atoms with E-state index < -0.39 is 0 Å². The van der Waals surface area contributed by atoms with Crippen molar-refractivity contribution < 1.29 is 14.2 Å². The van der Waals surface area contributed by atoms with E-state index in [1.807, 2.05) is 6.92 Å². The van der Waals surface area contributed by atoms with E-state index in [0.717, 1.165) is 41.1 Å². The minimum atomic E-state index is 0.135. The van der Waals surface area contributed by atoms with Gasteiger partial charge >= 0.3 is 0 Å². The number of anilines is 1. The minimum Gasteiger partial charge on any atom is -0.493 e. The summed E-state index contributed by atoms with van der Waals surface area (Å²) in [7, 11) is 1.69. The first-order valence-corrected chi connectivity index (χ1v) is 10.4. The quantitative estimate of drug-likeness (QED) is 0.663. The number of rotatable bonds is 4. The van der Waals surface area contributed by atoms with E-state index in [0.29, 0.717) is 12.5 Å². The first-order chi connectivity index (χ1) is 13.1. The molecule has 2 aliphatic rings. The van der Waals surface area contributed by atoms with E-state index in [1.165, 1.54) is 16.7 Å². The first-order valence-electron chi connectivity index (χ1n) is 9.61. The molecule has 0 radical (unpaired) electrons.